The van der Waals surface area contributed by atoms with Crippen molar-refractivity contribution in [3.05, 3.63) is 44.5 Å². The van der Waals surface area contributed by atoms with Crippen molar-refractivity contribution in [3.8, 4) is 6.07 Å². The molecule has 2 aromatic heterocycles. The number of nitrogens with zero attached hydrogens (tertiary/aromatic N) is 2. The van der Waals surface area contributed by atoms with E-state index in [-0.39, 0.29) is 11.8 Å². The lowest BCUT2D eigenvalue weighted by Crippen LogP contribution is -2.41. The van der Waals surface area contributed by atoms with Crippen molar-refractivity contribution >= 4 is 45.8 Å². The number of nitrogens with one attached hydrogen (secondary N) is 2. The van der Waals surface area contributed by atoms with Crippen LogP contribution in [-0.4, -0.2) is 62.9 Å². The molecule has 1 fully saturated rings. The van der Waals surface area contributed by atoms with Gasteiger partial charge >= 0.3 is 6.09 Å². The summed E-state index contributed by atoms with van der Waals surface area (Å²) in [5, 5.41) is 19.9. The van der Waals surface area contributed by atoms with Crippen molar-refractivity contribution in [2.75, 3.05) is 51.3 Å². The summed E-state index contributed by atoms with van der Waals surface area (Å²) in [7, 11) is 0. The summed E-state index contributed by atoms with van der Waals surface area (Å²) in [5.41, 5.74) is 2.53. The molecule has 1 aliphatic heterocycles. The Hall–Kier alpha value is -2.71. The fourth-order valence-electron chi connectivity index (χ4n) is 4.08. The van der Waals surface area contributed by atoms with E-state index in [0.29, 0.717) is 23.7 Å². The second-order valence-electron chi connectivity index (χ2n) is 8.29. The van der Waals surface area contributed by atoms with Crippen LogP contribution in [0, 0.1) is 17.2 Å². The third-order valence-corrected chi connectivity index (χ3v) is 7.81. The Kier molecular flexibility index (Phi) is 8.71. The van der Waals surface area contributed by atoms with Crippen molar-refractivity contribution < 1.29 is 19.1 Å². The molecule has 10 heteroatoms. The van der Waals surface area contributed by atoms with Crippen LogP contribution in [0.3, 0.4) is 0 Å². The Labute approximate surface area is 207 Å². The minimum absolute atomic E-state index is 0.199. The average molecular weight is 501 g/mol. The largest absolute Gasteiger partial charge is 0.449 e. The van der Waals surface area contributed by atoms with Gasteiger partial charge in [-0.1, -0.05) is 0 Å². The van der Waals surface area contributed by atoms with Crippen molar-refractivity contribution in [2.24, 2.45) is 5.92 Å². The van der Waals surface area contributed by atoms with E-state index in [2.05, 4.69) is 21.6 Å². The summed E-state index contributed by atoms with van der Waals surface area (Å²) in [6.45, 7) is 4.93. The van der Waals surface area contributed by atoms with Gasteiger partial charge in [0, 0.05) is 37.1 Å². The van der Waals surface area contributed by atoms with Crippen LogP contribution >= 0.6 is 22.7 Å². The minimum atomic E-state index is -0.395. The molecule has 3 heterocycles. The monoisotopic (exact) mass is 500 g/mol. The Balaban J connectivity index is 1.25. The number of amides is 2. The molecule has 2 amide bonds. The highest BCUT2D eigenvalue weighted by Gasteiger charge is 2.27. The Morgan fingerprint density at radius 3 is 2.97 bits per heavy atom. The normalized spacial score (nSPS) is 18.3. The lowest BCUT2D eigenvalue weighted by atomic mass is 9.88. The molecular weight excluding hydrogens is 472 g/mol. The Morgan fingerprint density at radius 1 is 1.35 bits per heavy atom. The molecule has 2 aromatic rings. The number of alkyl carbamates (subject to hydrolysis) is 1. The summed E-state index contributed by atoms with van der Waals surface area (Å²) < 4.78 is 10.8. The first-order chi connectivity index (χ1) is 16.6. The van der Waals surface area contributed by atoms with Gasteiger partial charge in [-0.3, -0.25) is 9.69 Å². The molecule has 1 aliphatic carbocycles. The lowest BCUT2D eigenvalue weighted by Gasteiger charge is -2.26. The van der Waals surface area contributed by atoms with Crippen LogP contribution in [0.5, 0.6) is 0 Å². The number of rotatable bonds is 8. The van der Waals surface area contributed by atoms with Crippen LogP contribution in [0.4, 0.5) is 9.80 Å². The number of carbonyl (C=O) groups is 2. The number of morpholine rings is 1. The highest BCUT2D eigenvalue weighted by Crippen LogP contribution is 2.39. The van der Waals surface area contributed by atoms with Gasteiger partial charge in [-0.25, -0.2) is 4.79 Å². The van der Waals surface area contributed by atoms with E-state index in [1.54, 1.807) is 17.4 Å². The molecule has 2 aliphatic rings. The molecule has 0 saturated carbocycles. The second-order valence-corrected chi connectivity index (χ2v) is 10.2. The second kappa shape index (κ2) is 12.1. The average Bonchev–Trinajstić information content (AvgIpc) is 3.49. The number of anilines is 1. The standard InChI is InChI=1S/C24H28N4O4S2/c25-14-20-19-3-1-18(15-32-24(30)26-6-7-28-8-10-31-11-9-28)13-21(19)34-23(20)27-22(29)4-2-17-5-12-33-16-17/h2,4-5,12,16,18H,1,3,6-11,13,15H2,(H,26,30)(H,27,29). The molecule has 4 rings (SSSR count). The summed E-state index contributed by atoms with van der Waals surface area (Å²) in [4.78, 5) is 27.8. The van der Waals surface area contributed by atoms with Crippen LogP contribution in [0.1, 0.15) is 28.0 Å². The SMILES string of the molecule is N#Cc1c(NC(=O)C=Cc2ccsc2)sc2c1CCC(COC(=O)NCCN1CCOCC1)C2. The van der Waals surface area contributed by atoms with Crippen molar-refractivity contribution in [3.63, 3.8) is 0 Å². The van der Waals surface area contributed by atoms with E-state index >= 15 is 0 Å². The maximum Gasteiger partial charge on any atom is 0.407 e. The van der Waals surface area contributed by atoms with Crippen LogP contribution in [0.15, 0.2) is 22.9 Å². The number of ether oxygens (including phenoxy) is 2. The van der Waals surface area contributed by atoms with Gasteiger partial charge in [-0.2, -0.15) is 16.6 Å². The van der Waals surface area contributed by atoms with Gasteiger partial charge in [0.1, 0.15) is 11.1 Å². The predicted octanol–water partition coefficient (Wildman–Crippen LogP) is 3.50. The number of hydrogen-bond donors (Lipinski definition) is 2. The third-order valence-electron chi connectivity index (χ3n) is 5.94. The van der Waals surface area contributed by atoms with Crippen LogP contribution in [0.25, 0.3) is 6.08 Å². The molecule has 180 valence electrons. The zero-order valence-corrected chi connectivity index (χ0v) is 20.5. The molecule has 1 atom stereocenters. The van der Waals surface area contributed by atoms with Gasteiger partial charge in [0.2, 0.25) is 5.91 Å². The first-order valence-corrected chi connectivity index (χ1v) is 13.1. The maximum absolute atomic E-state index is 12.3. The van der Waals surface area contributed by atoms with E-state index in [0.717, 1.165) is 68.1 Å². The van der Waals surface area contributed by atoms with Gasteiger partial charge in [0.15, 0.2) is 0 Å². The molecule has 1 saturated heterocycles. The molecule has 2 N–H and O–H groups in total. The highest BCUT2D eigenvalue weighted by atomic mass is 32.1. The highest BCUT2D eigenvalue weighted by molar-refractivity contribution is 7.16. The number of fused-ring (bicyclic) bond motifs is 1. The summed E-state index contributed by atoms with van der Waals surface area (Å²) in [6.07, 6.45) is 5.15. The van der Waals surface area contributed by atoms with Gasteiger partial charge in [-0.05, 0) is 59.2 Å². The van der Waals surface area contributed by atoms with Crippen LogP contribution in [-0.2, 0) is 27.1 Å². The number of thiophene rings is 2. The molecule has 34 heavy (non-hydrogen) atoms. The van der Waals surface area contributed by atoms with E-state index in [1.807, 2.05) is 16.8 Å². The molecule has 0 bridgehead atoms. The zero-order valence-electron chi connectivity index (χ0n) is 18.9. The van der Waals surface area contributed by atoms with Crippen molar-refractivity contribution in [1.82, 2.24) is 10.2 Å². The molecule has 8 nitrogen and oxygen atoms in total. The summed E-state index contributed by atoms with van der Waals surface area (Å²) >= 11 is 3.02. The zero-order chi connectivity index (χ0) is 23.8. The molecule has 0 radical (unpaired) electrons. The minimum Gasteiger partial charge on any atom is -0.449 e. The van der Waals surface area contributed by atoms with E-state index in [9.17, 15) is 14.9 Å². The van der Waals surface area contributed by atoms with Gasteiger partial charge < -0.3 is 20.1 Å². The van der Waals surface area contributed by atoms with E-state index < -0.39 is 6.09 Å². The third kappa shape index (κ3) is 6.67. The number of carbonyl (C=O) groups excluding carboxylic acids is 2. The van der Waals surface area contributed by atoms with E-state index in [4.69, 9.17) is 9.47 Å². The maximum atomic E-state index is 12.3. The summed E-state index contributed by atoms with van der Waals surface area (Å²) in [6, 6.07) is 4.20. The summed E-state index contributed by atoms with van der Waals surface area (Å²) in [5.74, 6) is -0.0559. The molecule has 0 aromatic carbocycles. The first kappa shape index (κ1) is 24.4. The number of hydrogen-bond acceptors (Lipinski definition) is 8. The predicted molar refractivity (Wildman–Crippen MR) is 133 cm³/mol. The fourth-order valence-corrected chi connectivity index (χ4v) is 6.03. The molecule has 1 unspecified atom stereocenters. The van der Waals surface area contributed by atoms with E-state index in [1.165, 1.54) is 17.4 Å². The van der Waals surface area contributed by atoms with Crippen LogP contribution < -0.4 is 10.6 Å². The van der Waals surface area contributed by atoms with Gasteiger partial charge in [0.05, 0.1) is 25.4 Å². The fraction of sp³-hybridized carbons (Fsp3) is 0.458. The van der Waals surface area contributed by atoms with Crippen molar-refractivity contribution in [1.29, 1.82) is 5.26 Å². The van der Waals surface area contributed by atoms with Crippen molar-refractivity contribution in [2.45, 2.75) is 19.3 Å². The smallest absolute Gasteiger partial charge is 0.407 e. The van der Waals surface area contributed by atoms with Crippen LogP contribution in [0.2, 0.25) is 0 Å². The Morgan fingerprint density at radius 2 is 2.21 bits per heavy atom. The topological polar surface area (TPSA) is 104 Å². The quantitative estimate of drug-likeness (QED) is 0.538. The molecule has 0 spiro atoms. The Bertz CT molecular complexity index is 1050. The molecular formula is C24H28N4O4S2. The van der Waals surface area contributed by atoms with Gasteiger partial charge in [0.25, 0.3) is 0 Å². The first-order valence-electron chi connectivity index (χ1n) is 11.4. The number of nitriles is 1. The van der Waals surface area contributed by atoms with Gasteiger partial charge in [-0.15, -0.1) is 11.3 Å². The lowest BCUT2D eigenvalue weighted by molar-refractivity contribution is -0.111.